The monoisotopic (exact) mass is 352 g/mol. The second-order valence-electron chi connectivity index (χ2n) is 4.80. The molecular formula is C14H16ClF3N2O3. The number of carbonyl (C=O) groups excluding carboxylic acids is 1. The molecule has 0 bridgehead atoms. The summed E-state index contributed by atoms with van der Waals surface area (Å²) in [7, 11) is 0. The van der Waals surface area contributed by atoms with E-state index >= 15 is 0 Å². The topological polar surface area (TPSA) is 78.4 Å². The van der Waals surface area contributed by atoms with E-state index < -0.39 is 41.9 Å². The van der Waals surface area contributed by atoms with Crippen LogP contribution in [0.25, 0.3) is 0 Å². The van der Waals surface area contributed by atoms with E-state index in [0.717, 1.165) is 6.07 Å². The van der Waals surface area contributed by atoms with Crippen molar-refractivity contribution in [2.45, 2.75) is 32.0 Å². The Morgan fingerprint density at radius 1 is 1.35 bits per heavy atom. The molecule has 1 aromatic carbocycles. The molecule has 0 aromatic heterocycles. The van der Waals surface area contributed by atoms with Crippen molar-refractivity contribution in [2.24, 2.45) is 0 Å². The number of halogens is 4. The van der Waals surface area contributed by atoms with E-state index in [4.69, 9.17) is 16.7 Å². The van der Waals surface area contributed by atoms with Crippen LogP contribution in [0.2, 0.25) is 5.02 Å². The van der Waals surface area contributed by atoms with Crippen molar-refractivity contribution in [3.63, 3.8) is 0 Å². The first-order valence-electron chi connectivity index (χ1n) is 6.78. The Hall–Kier alpha value is -1.80. The summed E-state index contributed by atoms with van der Waals surface area (Å²) in [5, 5.41) is 13.4. The predicted octanol–water partition coefficient (Wildman–Crippen LogP) is 3.14. The quantitative estimate of drug-likeness (QED) is 0.704. The molecule has 0 aliphatic carbocycles. The van der Waals surface area contributed by atoms with Gasteiger partial charge in [-0.15, -0.1) is 0 Å². The number of amides is 1. The van der Waals surface area contributed by atoms with Gasteiger partial charge in [-0.3, -0.25) is 14.9 Å². The summed E-state index contributed by atoms with van der Waals surface area (Å²) in [6.07, 6.45) is -3.79. The smallest absolute Gasteiger partial charge is 0.418 e. The van der Waals surface area contributed by atoms with E-state index in [1.165, 1.54) is 6.07 Å². The molecule has 0 fully saturated rings. The fourth-order valence-electron chi connectivity index (χ4n) is 1.87. The molecule has 1 aromatic rings. The van der Waals surface area contributed by atoms with Gasteiger partial charge in [0.25, 0.3) is 0 Å². The summed E-state index contributed by atoms with van der Waals surface area (Å²) < 4.78 is 38.7. The Balaban J connectivity index is 2.76. The lowest BCUT2D eigenvalue weighted by Crippen LogP contribution is -2.41. The highest BCUT2D eigenvalue weighted by Crippen LogP contribution is 2.36. The Labute approximate surface area is 135 Å². The number of alkyl halides is 3. The van der Waals surface area contributed by atoms with E-state index in [2.05, 4.69) is 10.6 Å². The number of carboxylic acid groups (broad SMARTS) is 1. The molecule has 0 heterocycles. The number of hydrogen-bond donors (Lipinski definition) is 3. The molecule has 0 spiro atoms. The van der Waals surface area contributed by atoms with Crippen molar-refractivity contribution in [3.05, 3.63) is 28.8 Å². The van der Waals surface area contributed by atoms with Gasteiger partial charge in [-0.1, -0.05) is 24.9 Å². The van der Waals surface area contributed by atoms with Gasteiger partial charge in [-0.05, 0) is 24.6 Å². The molecule has 3 N–H and O–H groups in total. The largest absolute Gasteiger partial charge is 0.480 e. The number of aliphatic carboxylic acids is 1. The third-order valence-electron chi connectivity index (χ3n) is 2.95. The van der Waals surface area contributed by atoms with Crippen LogP contribution in [-0.2, 0) is 15.8 Å². The van der Waals surface area contributed by atoms with E-state index in [-0.39, 0.29) is 5.02 Å². The summed E-state index contributed by atoms with van der Waals surface area (Å²) in [5.74, 6) is -1.90. The van der Waals surface area contributed by atoms with Crippen LogP contribution in [0.4, 0.5) is 18.9 Å². The highest BCUT2D eigenvalue weighted by atomic mass is 35.5. The van der Waals surface area contributed by atoms with Gasteiger partial charge in [-0.2, -0.15) is 13.2 Å². The van der Waals surface area contributed by atoms with Gasteiger partial charge in [0.15, 0.2) is 0 Å². The second-order valence-corrected chi connectivity index (χ2v) is 5.23. The fourth-order valence-corrected chi connectivity index (χ4v) is 2.04. The van der Waals surface area contributed by atoms with Gasteiger partial charge < -0.3 is 10.4 Å². The summed E-state index contributed by atoms with van der Waals surface area (Å²) >= 11 is 5.54. The molecule has 9 heteroatoms. The van der Waals surface area contributed by atoms with Crippen LogP contribution in [0.5, 0.6) is 0 Å². The molecule has 128 valence electrons. The second kappa shape index (κ2) is 8.16. The molecule has 1 rings (SSSR count). The fraction of sp³-hybridized carbons (Fsp3) is 0.429. The first kappa shape index (κ1) is 19.2. The van der Waals surface area contributed by atoms with Gasteiger partial charge in [-0.25, -0.2) is 0 Å². The number of benzene rings is 1. The van der Waals surface area contributed by atoms with Gasteiger partial charge in [0.2, 0.25) is 5.91 Å². The van der Waals surface area contributed by atoms with Crippen LogP contribution in [0.3, 0.4) is 0 Å². The van der Waals surface area contributed by atoms with Crippen LogP contribution in [0, 0.1) is 0 Å². The zero-order valence-electron chi connectivity index (χ0n) is 12.2. The predicted molar refractivity (Wildman–Crippen MR) is 79.4 cm³/mol. The number of rotatable bonds is 7. The minimum atomic E-state index is -4.67. The molecule has 0 saturated carbocycles. The molecular weight excluding hydrogens is 337 g/mol. The first-order valence-corrected chi connectivity index (χ1v) is 7.15. The molecule has 0 aliphatic heterocycles. The van der Waals surface area contributed by atoms with Crippen LogP contribution >= 0.6 is 11.6 Å². The lowest BCUT2D eigenvalue weighted by atomic mass is 10.1. The first-order chi connectivity index (χ1) is 10.6. The van der Waals surface area contributed by atoms with Gasteiger partial charge in [0.1, 0.15) is 6.04 Å². The molecule has 0 saturated heterocycles. The molecule has 5 nitrogen and oxygen atoms in total. The maximum Gasteiger partial charge on any atom is 0.418 e. The molecule has 23 heavy (non-hydrogen) atoms. The summed E-state index contributed by atoms with van der Waals surface area (Å²) in [5.41, 5.74) is -1.50. The van der Waals surface area contributed by atoms with Crippen LogP contribution < -0.4 is 10.6 Å². The van der Waals surface area contributed by atoms with Gasteiger partial charge >= 0.3 is 12.1 Å². The highest BCUT2D eigenvalue weighted by molar-refractivity contribution is 6.30. The van der Waals surface area contributed by atoms with Gasteiger partial charge in [0.05, 0.1) is 17.8 Å². The molecule has 1 atom stereocenters. The van der Waals surface area contributed by atoms with Crippen LogP contribution in [-0.4, -0.2) is 29.6 Å². The van der Waals surface area contributed by atoms with Crippen LogP contribution in [0.1, 0.15) is 25.3 Å². The third kappa shape index (κ3) is 6.07. The van der Waals surface area contributed by atoms with E-state index in [1.54, 1.807) is 6.92 Å². The molecule has 1 amide bonds. The zero-order chi connectivity index (χ0) is 17.6. The highest BCUT2D eigenvalue weighted by Gasteiger charge is 2.34. The standard InChI is InChI=1S/C14H16ClF3N2O3/c1-2-3-11(13(22)23)19-7-12(21)20-10-5-4-8(15)6-9(10)14(16,17)18/h4-6,11,19H,2-3,7H2,1H3,(H,20,21)(H,22,23). The number of anilines is 1. The van der Waals surface area contributed by atoms with Crippen molar-refractivity contribution in [1.29, 1.82) is 0 Å². The average Bonchev–Trinajstić information content (AvgIpc) is 2.44. The summed E-state index contributed by atoms with van der Waals surface area (Å²) in [6, 6.07) is 2.04. The van der Waals surface area contributed by atoms with Crippen molar-refractivity contribution >= 4 is 29.2 Å². The SMILES string of the molecule is CCCC(NCC(=O)Nc1ccc(Cl)cc1C(F)(F)F)C(=O)O. The Bertz CT molecular complexity index is 579. The maximum absolute atomic E-state index is 12.9. The van der Waals surface area contributed by atoms with E-state index in [1.807, 2.05) is 0 Å². The Morgan fingerprint density at radius 3 is 2.52 bits per heavy atom. The number of carboxylic acids is 1. The van der Waals surface area contributed by atoms with Crippen molar-refractivity contribution in [3.8, 4) is 0 Å². The van der Waals surface area contributed by atoms with Crippen molar-refractivity contribution < 1.29 is 27.9 Å². The number of carbonyl (C=O) groups is 2. The van der Waals surface area contributed by atoms with Crippen molar-refractivity contribution in [2.75, 3.05) is 11.9 Å². The average molecular weight is 353 g/mol. The normalized spacial score (nSPS) is 12.7. The van der Waals surface area contributed by atoms with E-state index in [9.17, 15) is 22.8 Å². The Morgan fingerprint density at radius 2 is 2.00 bits per heavy atom. The summed E-state index contributed by atoms with van der Waals surface area (Å²) in [4.78, 5) is 22.7. The lowest BCUT2D eigenvalue weighted by Gasteiger charge is -2.16. The minimum Gasteiger partial charge on any atom is -0.480 e. The third-order valence-corrected chi connectivity index (χ3v) is 3.18. The van der Waals surface area contributed by atoms with Crippen LogP contribution in [0.15, 0.2) is 18.2 Å². The maximum atomic E-state index is 12.9. The number of nitrogens with one attached hydrogen (secondary N) is 2. The lowest BCUT2D eigenvalue weighted by molar-refractivity contribution is -0.139. The summed E-state index contributed by atoms with van der Waals surface area (Å²) in [6.45, 7) is 1.36. The number of hydrogen-bond acceptors (Lipinski definition) is 3. The zero-order valence-corrected chi connectivity index (χ0v) is 13.0. The molecule has 0 aliphatic rings. The molecule has 0 radical (unpaired) electrons. The Kier molecular flexibility index (Phi) is 6.83. The van der Waals surface area contributed by atoms with E-state index in [0.29, 0.717) is 18.9 Å². The minimum absolute atomic E-state index is 0.109. The van der Waals surface area contributed by atoms with Gasteiger partial charge in [0, 0.05) is 5.02 Å². The molecule has 1 unspecified atom stereocenters. The van der Waals surface area contributed by atoms with Crippen molar-refractivity contribution in [1.82, 2.24) is 5.32 Å².